The summed E-state index contributed by atoms with van der Waals surface area (Å²) in [5, 5.41) is 9.46. The lowest BCUT2D eigenvalue weighted by Gasteiger charge is -2.40. The Morgan fingerprint density at radius 1 is 0.911 bits per heavy atom. The third-order valence-corrected chi connectivity index (χ3v) is 9.74. The van der Waals surface area contributed by atoms with Gasteiger partial charge in [-0.05, 0) is 47.9 Å². The lowest BCUT2D eigenvalue weighted by Crippen LogP contribution is -2.54. The van der Waals surface area contributed by atoms with Crippen molar-refractivity contribution in [2.24, 2.45) is 17.8 Å². The number of Topliss-reactive ketones (excluding diaryl/α,β-unsaturated/α-hetero) is 1. The molecule has 1 aliphatic carbocycles. The first kappa shape index (κ1) is 35.8. The van der Waals surface area contributed by atoms with Gasteiger partial charge in [-0.2, -0.15) is 0 Å². The van der Waals surface area contributed by atoms with E-state index in [-0.39, 0.29) is 48.9 Å². The minimum Gasteiger partial charge on any atom is -0.481 e. The number of benzene rings is 2. The second-order valence-electron chi connectivity index (χ2n) is 13.1. The third-order valence-electron chi connectivity index (χ3n) is 9.74. The molecule has 2 aromatic rings. The van der Waals surface area contributed by atoms with E-state index in [0.29, 0.717) is 6.42 Å². The van der Waals surface area contributed by atoms with Crippen LogP contribution in [0.15, 0.2) is 48.5 Å². The second-order valence-corrected chi connectivity index (χ2v) is 13.1. The Kier molecular flexibility index (Phi) is 12.0. The molecule has 0 radical (unpaired) electrons. The van der Waals surface area contributed by atoms with E-state index in [9.17, 15) is 24.3 Å². The first-order chi connectivity index (χ1) is 21.2. The molecule has 0 saturated heterocycles. The fourth-order valence-electron chi connectivity index (χ4n) is 6.33. The molecular formula is C36H50N2O7. The van der Waals surface area contributed by atoms with Gasteiger partial charge in [0, 0.05) is 39.5 Å². The average molecular weight is 623 g/mol. The molecule has 0 unspecified atom stereocenters. The average Bonchev–Trinajstić information content (AvgIpc) is 3.33. The topological polar surface area (TPSA) is 113 Å². The molecule has 1 aliphatic rings. The number of carbonyl (C=O) groups is 4. The first-order valence-electron chi connectivity index (χ1n) is 15.8. The number of likely N-dealkylation sites (N-methyl/N-ethyl adjacent to an activating group) is 2. The molecule has 9 heteroatoms. The quantitative estimate of drug-likeness (QED) is 0.250. The van der Waals surface area contributed by atoms with Gasteiger partial charge in [-0.1, -0.05) is 82.6 Å². The largest absolute Gasteiger partial charge is 0.481 e. The van der Waals surface area contributed by atoms with Gasteiger partial charge in [0.1, 0.15) is 6.61 Å². The van der Waals surface area contributed by atoms with Crippen molar-refractivity contribution >= 4 is 23.8 Å². The standard InChI is InChI=1S/C36H50N2O7/c1-10-23(4)33(30(44-9)20-32(40)41)37(7)34(42)28(22(2)3)19-31(39)36(5,6)38(8)35(43)45-21-29-26-17-13-11-15-24(26)25-16-12-14-18-27(25)29/h11-18,22-23,28-30,33H,10,19-21H2,1-9H3,(H,40,41)/t23-,28-,30+,33-/m0/s1. The van der Waals surface area contributed by atoms with Crippen molar-refractivity contribution in [3.63, 3.8) is 0 Å². The molecule has 3 rings (SSSR count). The molecule has 1 N–H and O–H groups in total. The maximum absolute atomic E-state index is 13.9. The predicted molar refractivity (Wildman–Crippen MR) is 174 cm³/mol. The zero-order valence-corrected chi connectivity index (χ0v) is 28.2. The number of nitrogens with zero attached hydrogens (tertiary/aromatic N) is 2. The number of carboxylic acid groups (broad SMARTS) is 1. The predicted octanol–water partition coefficient (Wildman–Crippen LogP) is 6.24. The zero-order valence-electron chi connectivity index (χ0n) is 28.2. The number of carboxylic acids is 1. The number of ether oxygens (including phenoxy) is 2. The molecule has 0 aliphatic heterocycles. The molecule has 0 heterocycles. The van der Waals surface area contributed by atoms with Gasteiger partial charge in [0.2, 0.25) is 5.91 Å². The van der Waals surface area contributed by atoms with Crippen LogP contribution in [0.2, 0.25) is 0 Å². The summed E-state index contributed by atoms with van der Waals surface area (Å²) in [6, 6.07) is 15.7. The number of rotatable bonds is 15. The number of amides is 2. The highest BCUT2D eigenvalue weighted by Crippen LogP contribution is 2.44. The van der Waals surface area contributed by atoms with Crippen LogP contribution in [0.4, 0.5) is 4.79 Å². The van der Waals surface area contributed by atoms with Crippen LogP contribution in [0.3, 0.4) is 0 Å². The summed E-state index contributed by atoms with van der Waals surface area (Å²) in [5.41, 5.74) is 3.21. The van der Waals surface area contributed by atoms with Crippen molar-refractivity contribution in [2.75, 3.05) is 27.8 Å². The van der Waals surface area contributed by atoms with E-state index in [4.69, 9.17) is 9.47 Å². The van der Waals surface area contributed by atoms with Gasteiger partial charge in [-0.15, -0.1) is 0 Å². The molecule has 0 aromatic heterocycles. The Bertz CT molecular complexity index is 1330. The first-order valence-corrected chi connectivity index (χ1v) is 15.8. The van der Waals surface area contributed by atoms with Crippen molar-refractivity contribution < 1.29 is 33.8 Å². The summed E-state index contributed by atoms with van der Waals surface area (Å²) in [6.07, 6.45) is -0.935. The summed E-state index contributed by atoms with van der Waals surface area (Å²) < 4.78 is 11.4. The highest BCUT2D eigenvalue weighted by molar-refractivity contribution is 5.94. The van der Waals surface area contributed by atoms with Gasteiger partial charge in [-0.3, -0.25) is 19.3 Å². The fourth-order valence-corrected chi connectivity index (χ4v) is 6.33. The van der Waals surface area contributed by atoms with E-state index < -0.39 is 35.7 Å². The SMILES string of the molecule is CC[C@H](C)[C@@H]([C@@H](CC(=O)O)OC)N(C)C(=O)[C@@H](CC(=O)C(C)(C)N(C)C(=O)OCC1c2ccccc2-c2ccccc21)C(C)C. The van der Waals surface area contributed by atoms with Gasteiger partial charge in [0.25, 0.3) is 0 Å². The number of aliphatic carboxylic acids is 1. The summed E-state index contributed by atoms with van der Waals surface area (Å²) in [5.74, 6) is -2.54. The molecule has 0 spiro atoms. The second kappa shape index (κ2) is 15.0. The highest BCUT2D eigenvalue weighted by Gasteiger charge is 2.42. The Hall–Kier alpha value is -3.72. The maximum Gasteiger partial charge on any atom is 0.410 e. The van der Waals surface area contributed by atoms with Crippen LogP contribution in [0, 0.1) is 17.8 Å². The molecule has 0 fully saturated rings. The molecule has 4 atom stereocenters. The number of methoxy groups -OCH3 is 1. The summed E-state index contributed by atoms with van der Waals surface area (Å²) in [4.78, 5) is 55.5. The normalized spacial score (nSPS) is 15.4. The van der Waals surface area contributed by atoms with Crippen molar-refractivity contribution in [1.29, 1.82) is 0 Å². The van der Waals surface area contributed by atoms with Crippen LogP contribution in [0.5, 0.6) is 0 Å². The van der Waals surface area contributed by atoms with Crippen molar-refractivity contribution in [2.45, 2.75) is 84.4 Å². The monoisotopic (exact) mass is 622 g/mol. The molecule has 45 heavy (non-hydrogen) atoms. The van der Waals surface area contributed by atoms with Crippen LogP contribution in [0.1, 0.15) is 77.8 Å². The molecule has 246 valence electrons. The molecule has 0 saturated carbocycles. The number of fused-ring (bicyclic) bond motifs is 3. The smallest absolute Gasteiger partial charge is 0.410 e. The summed E-state index contributed by atoms with van der Waals surface area (Å²) in [7, 11) is 4.65. The van der Waals surface area contributed by atoms with E-state index in [0.717, 1.165) is 22.3 Å². The Balaban J connectivity index is 1.73. The van der Waals surface area contributed by atoms with Gasteiger partial charge < -0.3 is 19.5 Å². The van der Waals surface area contributed by atoms with E-state index >= 15 is 0 Å². The lowest BCUT2D eigenvalue weighted by atomic mass is 9.82. The van der Waals surface area contributed by atoms with Gasteiger partial charge >= 0.3 is 12.1 Å². The molecule has 9 nitrogen and oxygen atoms in total. The number of ketones is 1. The molecular weight excluding hydrogens is 572 g/mol. The Labute approximate surface area is 267 Å². The van der Waals surface area contributed by atoms with Crippen LogP contribution < -0.4 is 0 Å². The third kappa shape index (κ3) is 7.75. The molecule has 0 bridgehead atoms. The van der Waals surface area contributed by atoms with Crippen molar-refractivity contribution in [3.05, 3.63) is 59.7 Å². The fraction of sp³-hybridized carbons (Fsp3) is 0.556. The van der Waals surface area contributed by atoms with Crippen LogP contribution in [-0.2, 0) is 23.9 Å². The number of hydrogen-bond acceptors (Lipinski definition) is 6. The Morgan fingerprint density at radius 3 is 1.91 bits per heavy atom. The van der Waals surface area contributed by atoms with Crippen molar-refractivity contribution in [1.82, 2.24) is 9.80 Å². The lowest BCUT2D eigenvalue weighted by molar-refractivity contribution is -0.149. The summed E-state index contributed by atoms with van der Waals surface area (Å²) >= 11 is 0. The van der Waals surface area contributed by atoms with Crippen molar-refractivity contribution in [3.8, 4) is 11.1 Å². The van der Waals surface area contributed by atoms with E-state index in [1.54, 1.807) is 32.8 Å². The molecule has 2 aromatic carbocycles. The van der Waals surface area contributed by atoms with Crippen LogP contribution in [-0.4, -0.2) is 84.2 Å². The highest BCUT2D eigenvalue weighted by atomic mass is 16.6. The van der Waals surface area contributed by atoms with Gasteiger partial charge in [0.05, 0.1) is 24.1 Å². The van der Waals surface area contributed by atoms with Gasteiger partial charge in [-0.25, -0.2) is 4.79 Å². The maximum atomic E-state index is 13.9. The van der Waals surface area contributed by atoms with E-state index in [1.165, 1.54) is 12.0 Å². The van der Waals surface area contributed by atoms with Crippen LogP contribution in [0.25, 0.3) is 11.1 Å². The summed E-state index contributed by atoms with van der Waals surface area (Å²) in [6.45, 7) is 11.2. The minimum atomic E-state index is -1.25. The number of hydrogen-bond donors (Lipinski definition) is 1. The zero-order chi connectivity index (χ0) is 33.6. The van der Waals surface area contributed by atoms with Crippen LogP contribution >= 0.6 is 0 Å². The Morgan fingerprint density at radius 2 is 1.44 bits per heavy atom. The number of carbonyl (C=O) groups excluding carboxylic acids is 3. The minimum absolute atomic E-state index is 0.0390. The molecule has 2 amide bonds. The van der Waals surface area contributed by atoms with E-state index in [2.05, 4.69) is 12.1 Å². The van der Waals surface area contributed by atoms with Gasteiger partial charge in [0.15, 0.2) is 5.78 Å². The van der Waals surface area contributed by atoms with E-state index in [1.807, 2.05) is 64.1 Å².